The summed E-state index contributed by atoms with van der Waals surface area (Å²) in [5, 5.41) is 0. The third-order valence-corrected chi connectivity index (χ3v) is 3.24. The van der Waals surface area contributed by atoms with Gasteiger partial charge in [-0.05, 0) is 40.4 Å². The minimum Gasteiger partial charge on any atom is -0.207 e. The number of benzene rings is 1. The van der Waals surface area contributed by atoms with Gasteiger partial charge in [0.15, 0.2) is 0 Å². The molecule has 0 radical (unpaired) electrons. The lowest BCUT2D eigenvalue weighted by atomic mass is 9.95. The Kier molecular flexibility index (Phi) is 4.71. The SMILES string of the molecule is CC(Br)CC(C)c1c(F)ccc(Br)c1F. The van der Waals surface area contributed by atoms with Gasteiger partial charge in [0.05, 0.1) is 4.47 Å². The summed E-state index contributed by atoms with van der Waals surface area (Å²) in [5.41, 5.74) is 0.163. The van der Waals surface area contributed by atoms with Crippen molar-refractivity contribution in [1.29, 1.82) is 0 Å². The van der Waals surface area contributed by atoms with E-state index in [4.69, 9.17) is 0 Å². The van der Waals surface area contributed by atoms with Crippen LogP contribution in [-0.4, -0.2) is 4.83 Å². The Morgan fingerprint density at radius 2 is 1.87 bits per heavy atom. The summed E-state index contributed by atoms with van der Waals surface area (Å²) < 4.78 is 27.4. The highest BCUT2D eigenvalue weighted by Gasteiger charge is 2.19. The Hall–Kier alpha value is 0.0400. The van der Waals surface area contributed by atoms with Crippen LogP contribution in [0, 0.1) is 11.6 Å². The largest absolute Gasteiger partial charge is 0.207 e. The molecule has 0 saturated carbocycles. The van der Waals surface area contributed by atoms with E-state index in [1.54, 1.807) is 0 Å². The lowest BCUT2D eigenvalue weighted by Crippen LogP contribution is -2.06. The third-order valence-electron chi connectivity index (χ3n) is 2.25. The predicted molar refractivity (Wildman–Crippen MR) is 65.5 cm³/mol. The van der Waals surface area contributed by atoms with E-state index in [2.05, 4.69) is 31.9 Å². The molecule has 1 rings (SSSR count). The second kappa shape index (κ2) is 5.39. The maximum atomic E-state index is 13.7. The van der Waals surface area contributed by atoms with Gasteiger partial charge in [0, 0.05) is 10.4 Å². The summed E-state index contributed by atoms with van der Waals surface area (Å²) in [6, 6.07) is 2.68. The molecule has 0 aliphatic heterocycles. The molecule has 2 unspecified atom stereocenters. The fraction of sp³-hybridized carbons (Fsp3) is 0.455. The predicted octanol–water partition coefficient (Wildman–Crippen LogP) is 5.00. The maximum absolute atomic E-state index is 13.7. The normalized spacial score (nSPS) is 15.1. The van der Waals surface area contributed by atoms with Crippen LogP contribution >= 0.6 is 31.9 Å². The second-order valence-corrected chi connectivity index (χ2v) is 6.09. The molecule has 0 amide bonds. The third kappa shape index (κ3) is 3.25. The van der Waals surface area contributed by atoms with E-state index >= 15 is 0 Å². The first-order chi connectivity index (χ1) is 6.93. The average Bonchev–Trinajstić information content (AvgIpc) is 2.11. The standard InChI is InChI=1S/C11H12Br2F2/c1-6(5-7(2)12)10-9(14)4-3-8(13)11(10)15/h3-4,6-7H,5H2,1-2H3. The van der Waals surface area contributed by atoms with Crippen molar-refractivity contribution in [1.82, 2.24) is 0 Å². The van der Waals surface area contributed by atoms with E-state index in [1.807, 2.05) is 13.8 Å². The minimum absolute atomic E-state index is 0.142. The van der Waals surface area contributed by atoms with Crippen molar-refractivity contribution < 1.29 is 8.78 Å². The number of hydrogen-bond acceptors (Lipinski definition) is 0. The van der Waals surface area contributed by atoms with Crippen LogP contribution in [0.2, 0.25) is 0 Å². The highest BCUT2D eigenvalue weighted by molar-refractivity contribution is 9.10. The molecule has 1 aromatic carbocycles. The zero-order valence-corrected chi connectivity index (χ0v) is 11.7. The van der Waals surface area contributed by atoms with E-state index in [0.717, 1.165) is 0 Å². The number of halogens is 4. The summed E-state index contributed by atoms with van der Waals surface area (Å²) in [7, 11) is 0. The molecule has 84 valence electrons. The van der Waals surface area contributed by atoms with Crippen LogP contribution in [0.3, 0.4) is 0 Å². The Balaban J connectivity index is 3.07. The number of alkyl halides is 1. The van der Waals surface area contributed by atoms with Gasteiger partial charge in [-0.15, -0.1) is 0 Å². The molecular formula is C11H12Br2F2. The first-order valence-corrected chi connectivity index (χ1v) is 6.41. The molecular weight excluding hydrogens is 330 g/mol. The van der Waals surface area contributed by atoms with Crippen LogP contribution in [0.1, 0.15) is 31.7 Å². The van der Waals surface area contributed by atoms with Crippen LogP contribution in [0.15, 0.2) is 16.6 Å². The van der Waals surface area contributed by atoms with Crippen molar-refractivity contribution >= 4 is 31.9 Å². The summed E-state index contributed by atoms with van der Waals surface area (Å²) in [4.78, 5) is 0.241. The van der Waals surface area contributed by atoms with Gasteiger partial charge in [-0.3, -0.25) is 0 Å². The van der Waals surface area contributed by atoms with Crippen LogP contribution in [0.25, 0.3) is 0 Å². The highest BCUT2D eigenvalue weighted by atomic mass is 79.9. The van der Waals surface area contributed by atoms with Gasteiger partial charge in [-0.1, -0.05) is 29.8 Å². The van der Waals surface area contributed by atoms with Crippen molar-refractivity contribution in [2.24, 2.45) is 0 Å². The van der Waals surface area contributed by atoms with Crippen LogP contribution in [0.5, 0.6) is 0 Å². The zero-order valence-electron chi connectivity index (χ0n) is 8.53. The van der Waals surface area contributed by atoms with Crippen LogP contribution in [0.4, 0.5) is 8.78 Å². The molecule has 0 saturated heterocycles. The van der Waals surface area contributed by atoms with E-state index in [1.165, 1.54) is 12.1 Å². The fourth-order valence-electron chi connectivity index (χ4n) is 1.60. The van der Waals surface area contributed by atoms with Gasteiger partial charge < -0.3 is 0 Å². The molecule has 0 heterocycles. The van der Waals surface area contributed by atoms with E-state index in [0.29, 0.717) is 10.9 Å². The van der Waals surface area contributed by atoms with E-state index in [9.17, 15) is 8.78 Å². The van der Waals surface area contributed by atoms with Gasteiger partial charge in [0.2, 0.25) is 0 Å². The smallest absolute Gasteiger partial charge is 0.143 e. The molecule has 0 aliphatic carbocycles. The van der Waals surface area contributed by atoms with Crippen LogP contribution < -0.4 is 0 Å². The number of rotatable bonds is 3. The van der Waals surface area contributed by atoms with Gasteiger partial charge in [-0.2, -0.15) is 0 Å². The Labute approximate surface area is 105 Å². The van der Waals surface area contributed by atoms with Gasteiger partial charge in [0.25, 0.3) is 0 Å². The van der Waals surface area contributed by atoms with Crippen molar-refractivity contribution in [3.05, 3.63) is 33.8 Å². The lowest BCUT2D eigenvalue weighted by molar-refractivity contribution is 0.518. The fourth-order valence-corrected chi connectivity index (χ4v) is 2.51. The molecule has 0 spiro atoms. The van der Waals surface area contributed by atoms with Gasteiger partial charge in [0.1, 0.15) is 11.6 Å². The molecule has 4 heteroatoms. The van der Waals surface area contributed by atoms with Crippen LogP contribution in [-0.2, 0) is 0 Å². The molecule has 0 fully saturated rings. The molecule has 15 heavy (non-hydrogen) atoms. The molecule has 0 N–H and O–H groups in total. The van der Waals surface area contributed by atoms with Crippen molar-refractivity contribution in [3.8, 4) is 0 Å². The van der Waals surface area contributed by atoms with Crippen molar-refractivity contribution in [2.75, 3.05) is 0 Å². The Morgan fingerprint density at radius 3 is 2.40 bits per heavy atom. The molecule has 0 nitrogen and oxygen atoms in total. The van der Waals surface area contributed by atoms with E-state index in [-0.39, 0.29) is 16.3 Å². The lowest BCUT2D eigenvalue weighted by Gasteiger charge is -2.15. The monoisotopic (exact) mass is 340 g/mol. The summed E-state index contributed by atoms with van der Waals surface area (Å²) >= 11 is 6.44. The second-order valence-electron chi connectivity index (χ2n) is 3.67. The maximum Gasteiger partial charge on any atom is 0.143 e. The molecule has 2 atom stereocenters. The summed E-state index contributed by atoms with van der Waals surface area (Å²) in [6.45, 7) is 3.79. The van der Waals surface area contributed by atoms with Gasteiger partial charge >= 0.3 is 0 Å². The molecule has 1 aromatic rings. The van der Waals surface area contributed by atoms with Gasteiger partial charge in [-0.25, -0.2) is 8.78 Å². The first-order valence-electron chi connectivity index (χ1n) is 4.71. The first kappa shape index (κ1) is 13.1. The van der Waals surface area contributed by atoms with Crippen molar-refractivity contribution in [3.63, 3.8) is 0 Å². The number of hydrogen-bond donors (Lipinski definition) is 0. The van der Waals surface area contributed by atoms with E-state index < -0.39 is 11.6 Å². The minimum atomic E-state index is -0.490. The summed E-state index contributed by atoms with van der Waals surface area (Å²) in [5.74, 6) is -1.11. The molecule has 0 aromatic heterocycles. The highest BCUT2D eigenvalue weighted by Crippen LogP contribution is 2.31. The van der Waals surface area contributed by atoms with Crippen molar-refractivity contribution in [2.45, 2.75) is 31.0 Å². The topological polar surface area (TPSA) is 0 Å². The Morgan fingerprint density at radius 1 is 1.27 bits per heavy atom. The summed E-state index contributed by atoms with van der Waals surface area (Å²) in [6.07, 6.45) is 0.699. The Bertz CT molecular complexity index is 351. The average molecular weight is 342 g/mol. The molecule has 0 aliphatic rings. The molecule has 0 bridgehead atoms. The quantitative estimate of drug-likeness (QED) is 0.535. The zero-order chi connectivity index (χ0) is 11.6.